The minimum atomic E-state index is 0. The van der Waals surface area contributed by atoms with Crippen LogP contribution in [-0.2, 0) is 25.5 Å². The van der Waals surface area contributed by atoms with Gasteiger partial charge >= 0.3 is 0 Å². The molecular weight excluding hydrogens is 860 g/mol. The van der Waals surface area contributed by atoms with Crippen molar-refractivity contribution < 1.29 is 88.1 Å². The van der Waals surface area contributed by atoms with Gasteiger partial charge in [0.15, 0.2) is 0 Å². The van der Waals surface area contributed by atoms with Gasteiger partial charge < -0.3 is 16.4 Å². The quantitative estimate of drug-likeness (QED) is 0.289. The summed E-state index contributed by atoms with van der Waals surface area (Å²) >= 11 is 5.58. The Balaban J connectivity index is 0.000000388. The van der Waals surface area contributed by atoms with Gasteiger partial charge in [-0.3, -0.25) is 4.90 Å². The molecule has 8 heteroatoms. The average Bonchev–Trinajstić information content (AvgIpc) is 2.86. The number of alkyl halides is 1. The molecule has 0 unspecified atom stereocenters. The first-order chi connectivity index (χ1) is 15.2. The van der Waals surface area contributed by atoms with Crippen molar-refractivity contribution in [1.82, 2.24) is 9.88 Å². The normalized spacial score (nSPS) is 13.2. The second-order valence-corrected chi connectivity index (χ2v) is 7.84. The Labute approximate surface area is 274 Å². The SMILES string of the molecule is [Ac].[Ac].[NH-]Cc1ccc(CCl)cc1.[NH-]Cc1ccc(CN2CCN(c3ccccn3)CC2)cc1. The molecule has 0 spiro atoms. The first-order valence-corrected chi connectivity index (χ1v) is 11.1. The van der Waals surface area contributed by atoms with Crippen molar-refractivity contribution in [1.29, 1.82) is 0 Å². The number of pyridine rings is 1. The van der Waals surface area contributed by atoms with Crippen LogP contribution in [0.15, 0.2) is 72.9 Å². The maximum Gasteiger partial charge on any atom is 0.128 e. The Morgan fingerprint density at radius 3 is 1.67 bits per heavy atom. The molecule has 2 N–H and O–H groups in total. The van der Waals surface area contributed by atoms with Gasteiger partial charge in [-0.1, -0.05) is 65.7 Å². The molecule has 33 heavy (non-hydrogen) atoms. The molecule has 0 bridgehead atoms. The summed E-state index contributed by atoms with van der Waals surface area (Å²) < 4.78 is 0. The van der Waals surface area contributed by atoms with E-state index in [4.69, 9.17) is 23.1 Å². The van der Waals surface area contributed by atoms with Gasteiger partial charge in [-0.05, 0) is 23.3 Å². The Kier molecular flexibility index (Phi) is 17.0. The first-order valence-electron chi connectivity index (χ1n) is 10.6. The number of rotatable bonds is 6. The number of piperazine rings is 1. The number of anilines is 1. The minimum absolute atomic E-state index is 0. The molecule has 2 aromatic carbocycles. The smallest absolute Gasteiger partial charge is 0.128 e. The molecular formula is C25H30Ac2ClN5-2. The maximum absolute atomic E-state index is 7.35. The molecule has 5 nitrogen and oxygen atoms in total. The zero-order chi connectivity index (χ0) is 21.9. The van der Waals surface area contributed by atoms with E-state index in [0.717, 1.165) is 55.2 Å². The molecule has 1 saturated heterocycles. The largest absolute Gasteiger partial charge is 0.674 e. The number of nitrogens with zero attached hydrogens (tertiary/aromatic N) is 3. The summed E-state index contributed by atoms with van der Waals surface area (Å²) in [7, 11) is 0. The maximum atomic E-state index is 7.35. The number of nitrogens with one attached hydrogen (secondary N) is 2. The fourth-order valence-electron chi connectivity index (χ4n) is 3.44. The molecule has 1 aliphatic rings. The van der Waals surface area contributed by atoms with Crippen LogP contribution >= 0.6 is 11.6 Å². The Morgan fingerprint density at radius 2 is 1.21 bits per heavy atom. The molecule has 1 aliphatic heterocycles. The van der Waals surface area contributed by atoms with Crippen LogP contribution in [0.1, 0.15) is 22.3 Å². The zero-order valence-electron chi connectivity index (χ0n) is 19.0. The molecule has 3 aromatic rings. The fourth-order valence-corrected chi connectivity index (χ4v) is 3.62. The van der Waals surface area contributed by atoms with Crippen LogP contribution in [-0.4, -0.2) is 36.1 Å². The van der Waals surface area contributed by atoms with Gasteiger partial charge in [0.1, 0.15) is 5.82 Å². The summed E-state index contributed by atoms with van der Waals surface area (Å²) in [6, 6.07) is 22.3. The van der Waals surface area contributed by atoms with Crippen molar-refractivity contribution in [2.75, 3.05) is 31.1 Å². The molecule has 2 heterocycles. The number of halogens is 1. The van der Waals surface area contributed by atoms with Gasteiger partial charge in [-0.2, -0.15) is 0 Å². The summed E-state index contributed by atoms with van der Waals surface area (Å²) in [5, 5.41) is 0. The van der Waals surface area contributed by atoms with E-state index in [0.29, 0.717) is 19.0 Å². The van der Waals surface area contributed by atoms with Gasteiger partial charge in [-0.15, -0.1) is 24.7 Å². The molecule has 4 rings (SSSR count). The number of aromatic nitrogens is 1. The van der Waals surface area contributed by atoms with Gasteiger partial charge in [0.2, 0.25) is 0 Å². The Bertz CT molecular complexity index is 864. The molecule has 0 amide bonds. The number of hydrogen-bond donors (Lipinski definition) is 0. The van der Waals surface area contributed by atoms with Gasteiger partial charge in [0, 0.05) is 133 Å². The average molecular weight is 890 g/mol. The second kappa shape index (κ2) is 17.8. The molecule has 1 aromatic heterocycles. The topological polar surface area (TPSA) is 67.0 Å². The zero-order valence-corrected chi connectivity index (χ0v) is 29.2. The molecule has 0 atom stereocenters. The number of benzene rings is 2. The van der Waals surface area contributed by atoms with Gasteiger partial charge in [0.05, 0.1) is 0 Å². The van der Waals surface area contributed by atoms with Crippen molar-refractivity contribution in [3.63, 3.8) is 0 Å². The first kappa shape index (κ1) is 31.5. The van der Waals surface area contributed by atoms with Crippen LogP contribution in [0.4, 0.5) is 5.82 Å². The molecule has 1 fully saturated rings. The van der Waals surface area contributed by atoms with Crippen LogP contribution in [0, 0.1) is 88.1 Å². The third-order valence-corrected chi connectivity index (χ3v) is 5.67. The summed E-state index contributed by atoms with van der Waals surface area (Å²) in [6.07, 6.45) is 1.86. The van der Waals surface area contributed by atoms with E-state index in [-0.39, 0.29) is 88.1 Å². The molecule has 0 aliphatic carbocycles. The summed E-state index contributed by atoms with van der Waals surface area (Å²) in [5.41, 5.74) is 18.9. The van der Waals surface area contributed by atoms with Gasteiger partial charge in [0.25, 0.3) is 0 Å². The summed E-state index contributed by atoms with van der Waals surface area (Å²) in [6.45, 7) is 5.90. The second-order valence-electron chi connectivity index (χ2n) is 7.57. The van der Waals surface area contributed by atoms with Crippen molar-refractivity contribution in [3.05, 3.63) is 107 Å². The van der Waals surface area contributed by atoms with E-state index in [2.05, 4.69) is 45.1 Å². The van der Waals surface area contributed by atoms with E-state index < -0.39 is 0 Å². The molecule has 2 radical (unpaired) electrons. The van der Waals surface area contributed by atoms with E-state index in [1.54, 1.807) is 0 Å². The molecule has 0 saturated carbocycles. The van der Waals surface area contributed by atoms with Crippen LogP contribution in [0.25, 0.3) is 11.5 Å². The monoisotopic (exact) mass is 889 g/mol. The van der Waals surface area contributed by atoms with Crippen molar-refractivity contribution in [3.8, 4) is 0 Å². The van der Waals surface area contributed by atoms with Crippen LogP contribution in [0.5, 0.6) is 0 Å². The third kappa shape index (κ3) is 10.9. The Morgan fingerprint density at radius 1 is 0.697 bits per heavy atom. The summed E-state index contributed by atoms with van der Waals surface area (Å²) in [5.74, 6) is 1.63. The van der Waals surface area contributed by atoms with Crippen LogP contribution < -0.4 is 4.90 Å². The van der Waals surface area contributed by atoms with E-state index in [9.17, 15) is 0 Å². The Hall–Kier alpha value is 0.443. The van der Waals surface area contributed by atoms with E-state index in [1.165, 1.54) is 5.56 Å². The fraction of sp³-hybridized carbons (Fsp3) is 0.320. The van der Waals surface area contributed by atoms with Crippen molar-refractivity contribution in [2.24, 2.45) is 0 Å². The van der Waals surface area contributed by atoms with Crippen molar-refractivity contribution >= 4 is 17.4 Å². The molecule has 170 valence electrons. The minimum Gasteiger partial charge on any atom is -0.674 e. The summed E-state index contributed by atoms with van der Waals surface area (Å²) in [4.78, 5) is 9.25. The third-order valence-electron chi connectivity index (χ3n) is 5.36. The number of hydrogen-bond acceptors (Lipinski definition) is 3. The van der Waals surface area contributed by atoms with Crippen molar-refractivity contribution in [2.45, 2.75) is 25.5 Å². The van der Waals surface area contributed by atoms with Crippen LogP contribution in [0.3, 0.4) is 0 Å². The van der Waals surface area contributed by atoms with E-state index >= 15 is 0 Å². The standard InChI is InChI=1S/C17H21N4.C8H9ClN.2Ac/c18-13-15-4-6-16(7-5-15)14-20-9-11-21(12-10-20)17-3-1-2-8-19-17;9-5-7-1-3-8(6-10)4-2-7;;/h1-8,18H,9-14H2;1-4,10H,5-6H2;;/q2*-1;;. The van der Waals surface area contributed by atoms with E-state index in [1.807, 2.05) is 42.6 Å². The van der Waals surface area contributed by atoms with Gasteiger partial charge in [-0.25, -0.2) is 4.98 Å². The predicted octanol–water partition coefficient (Wildman–Crippen LogP) is 5.93. The predicted molar refractivity (Wildman–Crippen MR) is 130 cm³/mol. The van der Waals surface area contributed by atoms with Crippen LogP contribution in [0.2, 0.25) is 0 Å².